The van der Waals surface area contributed by atoms with Crippen LogP contribution in [0.4, 0.5) is 0 Å². The molecule has 0 bridgehead atoms. The molecule has 1 amide bonds. The lowest BCUT2D eigenvalue weighted by Crippen LogP contribution is -2.39. The number of hydrogen-bond donors (Lipinski definition) is 0. The Kier molecular flexibility index (Phi) is 7.18. The zero-order valence-corrected chi connectivity index (χ0v) is 19.6. The van der Waals surface area contributed by atoms with Crippen molar-refractivity contribution in [3.63, 3.8) is 0 Å². The van der Waals surface area contributed by atoms with Crippen LogP contribution in [0.15, 0.2) is 53.1 Å². The van der Waals surface area contributed by atoms with Crippen molar-refractivity contribution in [2.24, 2.45) is 0 Å². The average molecular weight is 438 g/mol. The SMILES string of the molecule is CC[C@H](Oc1ccc(C(C)(C)C)cc1)C(=O)N(C)Cc1nc(-c2ccc(OC)cc2)no1. The highest BCUT2D eigenvalue weighted by atomic mass is 16.5. The molecule has 0 unspecified atom stereocenters. The average Bonchev–Trinajstić information content (AvgIpc) is 3.25. The Hall–Kier alpha value is -3.35. The molecule has 0 saturated carbocycles. The third kappa shape index (κ3) is 5.66. The van der Waals surface area contributed by atoms with Gasteiger partial charge in [-0.15, -0.1) is 0 Å². The molecule has 0 saturated heterocycles. The van der Waals surface area contributed by atoms with Gasteiger partial charge in [0, 0.05) is 12.6 Å². The smallest absolute Gasteiger partial charge is 0.263 e. The van der Waals surface area contributed by atoms with Crippen LogP contribution in [0.25, 0.3) is 11.4 Å². The number of carbonyl (C=O) groups excluding carboxylic acids is 1. The highest BCUT2D eigenvalue weighted by molar-refractivity contribution is 5.81. The first-order valence-corrected chi connectivity index (χ1v) is 10.7. The topological polar surface area (TPSA) is 77.7 Å². The molecule has 32 heavy (non-hydrogen) atoms. The van der Waals surface area contributed by atoms with E-state index in [1.165, 1.54) is 5.56 Å². The molecule has 0 aliphatic rings. The number of carbonyl (C=O) groups is 1. The lowest BCUT2D eigenvalue weighted by molar-refractivity contribution is -0.138. The van der Waals surface area contributed by atoms with Crippen LogP contribution in [-0.2, 0) is 16.8 Å². The van der Waals surface area contributed by atoms with Crippen LogP contribution >= 0.6 is 0 Å². The maximum atomic E-state index is 13.0. The Balaban J connectivity index is 1.63. The van der Waals surface area contributed by atoms with Gasteiger partial charge in [0.25, 0.3) is 5.91 Å². The minimum atomic E-state index is -0.593. The van der Waals surface area contributed by atoms with Gasteiger partial charge < -0.3 is 18.9 Å². The number of amides is 1. The Morgan fingerprint density at radius 2 is 1.69 bits per heavy atom. The molecule has 1 atom stereocenters. The van der Waals surface area contributed by atoms with Crippen LogP contribution in [-0.4, -0.2) is 41.2 Å². The normalized spacial score (nSPS) is 12.3. The highest BCUT2D eigenvalue weighted by Gasteiger charge is 2.24. The zero-order chi connectivity index (χ0) is 23.3. The van der Waals surface area contributed by atoms with E-state index >= 15 is 0 Å². The zero-order valence-electron chi connectivity index (χ0n) is 19.6. The van der Waals surface area contributed by atoms with Crippen LogP contribution < -0.4 is 9.47 Å². The number of ether oxygens (including phenoxy) is 2. The molecular formula is C25H31N3O4. The molecule has 3 rings (SSSR count). The van der Waals surface area contributed by atoms with Crippen LogP contribution in [0.1, 0.15) is 45.6 Å². The first kappa shape index (κ1) is 23.3. The molecule has 0 fully saturated rings. The largest absolute Gasteiger partial charge is 0.497 e. The van der Waals surface area contributed by atoms with Crippen LogP contribution in [0.3, 0.4) is 0 Å². The van der Waals surface area contributed by atoms with E-state index < -0.39 is 6.10 Å². The molecule has 7 heteroatoms. The summed E-state index contributed by atoms with van der Waals surface area (Å²) in [5, 5.41) is 4.02. The van der Waals surface area contributed by atoms with Gasteiger partial charge in [-0.1, -0.05) is 45.0 Å². The van der Waals surface area contributed by atoms with E-state index in [0.717, 1.165) is 11.3 Å². The second kappa shape index (κ2) is 9.85. The van der Waals surface area contributed by atoms with Gasteiger partial charge in [0.15, 0.2) is 6.10 Å². The van der Waals surface area contributed by atoms with Gasteiger partial charge in [0.2, 0.25) is 11.7 Å². The number of rotatable bonds is 8. The summed E-state index contributed by atoms with van der Waals surface area (Å²) in [6, 6.07) is 15.3. The molecule has 0 aliphatic heterocycles. The van der Waals surface area contributed by atoms with Crippen LogP contribution in [0.2, 0.25) is 0 Å². The Morgan fingerprint density at radius 3 is 2.25 bits per heavy atom. The van der Waals surface area contributed by atoms with E-state index in [2.05, 4.69) is 30.9 Å². The molecule has 2 aromatic carbocycles. The lowest BCUT2D eigenvalue weighted by atomic mass is 9.87. The molecular weight excluding hydrogens is 406 g/mol. The predicted octanol–water partition coefficient (Wildman–Crippen LogP) is 4.86. The van der Waals surface area contributed by atoms with E-state index in [1.807, 2.05) is 55.5 Å². The van der Waals surface area contributed by atoms with E-state index in [9.17, 15) is 4.79 Å². The third-order valence-electron chi connectivity index (χ3n) is 5.21. The molecule has 1 aromatic heterocycles. The summed E-state index contributed by atoms with van der Waals surface area (Å²) in [5.41, 5.74) is 2.08. The fourth-order valence-corrected chi connectivity index (χ4v) is 3.21. The second-order valence-electron chi connectivity index (χ2n) is 8.72. The Morgan fingerprint density at radius 1 is 1.06 bits per heavy atom. The van der Waals surface area contributed by atoms with Crippen LogP contribution in [0, 0.1) is 0 Å². The Labute approximate surface area is 189 Å². The standard InChI is InChI=1S/C25H31N3O4/c1-7-21(31-20-14-10-18(11-15-20)25(2,3)4)24(29)28(5)16-22-26-23(27-32-22)17-8-12-19(30-6)13-9-17/h8-15,21H,7,16H2,1-6H3/t21-/m0/s1. The van der Waals surface area contributed by atoms with Crippen molar-refractivity contribution >= 4 is 5.91 Å². The summed E-state index contributed by atoms with van der Waals surface area (Å²) in [7, 11) is 3.32. The van der Waals surface area contributed by atoms with Crippen molar-refractivity contribution in [3.05, 3.63) is 60.0 Å². The second-order valence-corrected chi connectivity index (χ2v) is 8.72. The van der Waals surface area contributed by atoms with Gasteiger partial charge in [0.1, 0.15) is 11.5 Å². The minimum absolute atomic E-state index is 0.0630. The number of nitrogens with zero attached hydrogens (tertiary/aromatic N) is 3. The van der Waals surface area contributed by atoms with Crippen molar-refractivity contribution < 1.29 is 18.8 Å². The van der Waals surface area contributed by atoms with Crippen molar-refractivity contribution in [3.8, 4) is 22.9 Å². The van der Waals surface area contributed by atoms with Crippen molar-refractivity contribution in [2.75, 3.05) is 14.2 Å². The van der Waals surface area contributed by atoms with E-state index in [4.69, 9.17) is 14.0 Å². The van der Waals surface area contributed by atoms with Gasteiger partial charge in [-0.05, 0) is 53.8 Å². The molecule has 0 radical (unpaired) electrons. The molecule has 170 valence electrons. The highest BCUT2D eigenvalue weighted by Crippen LogP contribution is 2.25. The first-order valence-electron chi connectivity index (χ1n) is 10.7. The van der Waals surface area contributed by atoms with E-state index in [0.29, 0.717) is 23.9 Å². The number of aromatic nitrogens is 2. The van der Waals surface area contributed by atoms with Crippen LogP contribution in [0.5, 0.6) is 11.5 Å². The van der Waals surface area contributed by atoms with Gasteiger partial charge in [-0.3, -0.25) is 4.79 Å². The lowest BCUT2D eigenvalue weighted by Gasteiger charge is -2.23. The maximum absolute atomic E-state index is 13.0. The molecule has 0 aliphatic carbocycles. The number of methoxy groups -OCH3 is 1. The van der Waals surface area contributed by atoms with Gasteiger partial charge >= 0.3 is 0 Å². The monoisotopic (exact) mass is 437 g/mol. The van der Waals surface area contributed by atoms with E-state index in [1.54, 1.807) is 19.1 Å². The van der Waals surface area contributed by atoms with E-state index in [-0.39, 0.29) is 17.9 Å². The van der Waals surface area contributed by atoms with Gasteiger partial charge in [-0.25, -0.2) is 0 Å². The molecule has 1 heterocycles. The van der Waals surface area contributed by atoms with Crippen molar-refractivity contribution in [1.29, 1.82) is 0 Å². The van der Waals surface area contributed by atoms with Crippen molar-refractivity contribution in [1.82, 2.24) is 15.0 Å². The predicted molar refractivity (Wildman–Crippen MR) is 123 cm³/mol. The fraction of sp³-hybridized carbons (Fsp3) is 0.400. The summed E-state index contributed by atoms with van der Waals surface area (Å²) in [5.74, 6) is 2.10. The fourth-order valence-electron chi connectivity index (χ4n) is 3.21. The van der Waals surface area contributed by atoms with Crippen molar-refractivity contribution in [2.45, 2.75) is 52.2 Å². The molecule has 0 spiro atoms. The summed E-state index contributed by atoms with van der Waals surface area (Å²) in [4.78, 5) is 18.9. The molecule has 0 N–H and O–H groups in total. The summed E-state index contributed by atoms with van der Waals surface area (Å²) < 4.78 is 16.5. The summed E-state index contributed by atoms with van der Waals surface area (Å²) in [6.07, 6.45) is -0.0463. The minimum Gasteiger partial charge on any atom is -0.497 e. The summed E-state index contributed by atoms with van der Waals surface area (Å²) >= 11 is 0. The molecule has 3 aromatic rings. The first-order chi connectivity index (χ1) is 15.2. The number of benzene rings is 2. The summed E-state index contributed by atoms with van der Waals surface area (Å²) in [6.45, 7) is 8.61. The number of likely N-dealkylation sites (N-methyl/N-ethyl adjacent to an activating group) is 1. The third-order valence-corrected chi connectivity index (χ3v) is 5.21. The maximum Gasteiger partial charge on any atom is 0.263 e. The number of hydrogen-bond acceptors (Lipinski definition) is 6. The van der Waals surface area contributed by atoms with Gasteiger partial charge in [0.05, 0.1) is 13.7 Å². The quantitative estimate of drug-likeness (QED) is 0.501. The molecule has 7 nitrogen and oxygen atoms in total. The Bertz CT molecular complexity index is 1020. The van der Waals surface area contributed by atoms with Gasteiger partial charge in [-0.2, -0.15) is 4.98 Å².